The molecule has 10 aliphatic rings. The smallest absolute Gasteiger partial charge is 0.297 e. The first-order valence-electron chi connectivity index (χ1n) is 43.9. The van der Waals surface area contributed by atoms with Crippen LogP contribution in [0.4, 0.5) is 11.6 Å². The summed E-state index contributed by atoms with van der Waals surface area (Å²) in [6.45, 7) is 24.2. The minimum atomic E-state index is -3.82. The number of hydrogen-bond acceptors (Lipinski definition) is 32. The molecule has 0 bridgehead atoms. The normalized spacial score (nSPS) is 19.6. The zero-order valence-electron chi connectivity index (χ0n) is 73.8. The van der Waals surface area contributed by atoms with Gasteiger partial charge in [0.25, 0.3) is 33.7 Å². The number of nitrogens with zero attached hydrogens (tertiary/aromatic N) is 12. The largest absolute Gasteiger partial charge is 0.491 e. The number of ether oxygens (including phenoxy) is 10. The number of hydrogen-bond donors (Lipinski definition) is 3. The van der Waals surface area contributed by atoms with Gasteiger partial charge in [-0.1, -0.05) is 37.3 Å². The Bertz CT molecular complexity index is 5530. The van der Waals surface area contributed by atoms with Crippen LogP contribution in [0.3, 0.4) is 0 Å². The molecule has 37 heteroatoms. The van der Waals surface area contributed by atoms with Crippen LogP contribution in [0.5, 0.6) is 23.0 Å². The van der Waals surface area contributed by atoms with E-state index in [-0.39, 0.29) is 111 Å². The van der Waals surface area contributed by atoms with Crippen molar-refractivity contribution in [3.8, 4) is 29.1 Å². The van der Waals surface area contributed by atoms with Gasteiger partial charge in [0.15, 0.2) is 0 Å². The van der Waals surface area contributed by atoms with Crippen LogP contribution in [0.1, 0.15) is 174 Å². The Hall–Kier alpha value is -12.0. The molecule has 0 radical (unpaired) electrons. The van der Waals surface area contributed by atoms with E-state index < -0.39 is 69.5 Å². The molecule has 131 heavy (non-hydrogen) atoms. The molecule has 7 aromatic rings. The number of aryl methyl sites for hydroxylation is 1. The number of anilines is 2. The summed E-state index contributed by atoms with van der Waals surface area (Å²) in [5.41, 5.74) is 9.82. The average molecular weight is 1820 g/mol. The molecule has 36 nitrogen and oxygen atoms in total. The van der Waals surface area contributed by atoms with Crippen LogP contribution in [0.25, 0.3) is 0 Å². The number of imide groups is 4. The highest BCUT2D eigenvalue weighted by Crippen LogP contribution is 2.43. The van der Waals surface area contributed by atoms with Crippen LogP contribution in [0.15, 0.2) is 137 Å². The maximum Gasteiger partial charge on any atom is 0.297 e. The Morgan fingerprint density at radius 1 is 0.481 bits per heavy atom. The summed E-state index contributed by atoms with van der Waals surface area (Å²) >= 11 is 0. The second kappa shape index (κ2) is 44.8. The number of nitrogens with one attached hydrogen (secondary N) is 3. The predicted molar refractivity (Wildman–Crippen MR) is 480 cm³/mol. The van der Waals surface area contributed by atoms with E-state index in [0.29, 0.717) is 96.1 Å². The van der Waals surface area contributed by atoms with Crippen molar-refractivity contribution < 1.29 is 98.3 Å². The fourth-order valence-electron chi connectivity index (χ4n) is 15.7. The van der Waals surface area contributed by atoms with Crippen LogP contribution in [-0.4, -0.2) is 282 Å². The van der Waals surface area contributed by atoms with Crippen LogP contribution >= 0.6 is 0 Å². The van der Waals surface area contributed by atoms with Crippen molar-refractivity contribution in [1.82, 2.24) is 50.6 Å². The van der Waals surface area contributed by atoms with E-state index in [9.17, 15) is 46.8 Å². The molecule has 3 N–H and O–H groups in total. The molecule has 2 unspecified atom stereocenters. The Morgan fingerprint density at radius 3 is 1.33 bits per heavy atom. The van der Waals surface area contributed by atoms with Gasteiger partial charge in [0.1, 0.15) is 83.8 Å². The molecule has 2 aromatic heterocycles. The third kappa shape index (κ3) is 25.2. The minimum absolute atomic E-state index is 0. The number of piperidine rings is 2. The average Bonchev–Trinajstić information content (AvgIpc) is 1.69. The molecule has 5 aromatic carbocycles. The standard InChI is InChI=1S/C42H49N7O9.C28H32N2O11S.C21H25N5O.C2H3N.CH4/c1-27-25-48(36-23-34(44-26-45-36)38-32-22-30(58-42(2)9-10-42)4-3-28(32)24-43-38)12-11-47(27)13-14-54-15-16-55-17-18-56-19-20-57-29-5-6-31-33(21-29)41(53)49(40(31)52)35-7-8-37(50)46-39(35)51;1-19-2-5-21(6-3-19)42(35,36)41-17-15-39-13-11-37-10-12-38-14-16-40-20-4-7-22-23(18-20)28(34)30(27(22)33)24-8-9-25(31)29-26(24)32;1-14-12-26(8-7-22-14)19-10-18(24-13-25-19)20-17-9-16(27-21(2)5-6-21)4-3-15(17)11-23-20;1-2-3;/h3-6,21-23,26-27,35H,7-20,24-25H2,1-2H3,(H,46,50,51);2-7,18,24H,8-17H2,1H3,(H,29,31,32);3-4,9-10,13-14,22H,5-8,11-12H2,1-2H3;1H3;1H4/t27-,35?;;14-;;/m0.0../s1. The molecule has 8 aliphatic heterocycles. The highest BCUT2D eigenvalue weighted by Gasteiger charge is 2.48. The first kappa shape index (κ1) is 96.6. The molecule has 6 fully saturated rings. The molecule has 10 heterocycles. The lowest BCUT2D eigenvalue weighted by Gasteiger charge is -2.40. The number of aliphatic imine (C=N–C) groups is 2. The van der Waals surface area contributed by atoms with Crippen molar-refractivity contribution in [2.45, 2.75) is 154 Å². The molecule has 696 valence electrons. The lowest BCUT2D eigenvalue weighted by Crippen LogP contribution is -2.54. The number of piperazine rings is 2. The van der Waals surface area contributed by atoms with Gasteiger partial charge >= 0.3 is 0 Å². The van der Waals surface area contributed by atoms with E-state index in [0.717, 1.165) is 144 Å². The minimum Gasteiger partial charge on any atom is -0.491 e. The van der Waals surface area contributed by atoms with Crippen LogP contribution in [0.2, 0.25) is 0 Å². The summed E-state index contributed by atoms with van der Waals surface area (Å²) in [6, 6.07) is 32.7. The number of carbonyl (C=O) groups is 8. The zero-order chi connectivity index (χ0) is 91.5. The van der Waals surface area contributed by atoms with Gasteiger partial charge in [-0.25, -0.2) is 19.9 Å². The number of rotatable bonds is 38. The summed E-state index contributed by atoms with van der Waals surface area (Å²) in [5.74, 6) is -0.0108. The summed E-state index contributed by atoms with van der Waals surface area (Å²) in [6.07, 6.45) is 8.03. The van der Waals surface area contributed by atoms with Crippen molar-refractivity contribution in [1.29, 1.82) is 5.26 Å². The van der Waals surface area contributed by atoms with Gasteiger partial charge in [0.05, 0.1) is 155 Å². The van der Waals surface area contributed by atoms with Crippen LogP contribution < -0.4 is 44.7 Å². The van der Waals surface area contributed by atoms with Gasteiger partial charge in [-0.15, -0.1) is 0 Å². The first-order chi connectivity index (χ1) is 62.8. The number of fused-ring (bicyclic) bond motifs is 4. The lowest BCUT2D eigenvalue weighted by molar-refractivity contribution is -0.137. The van der Waals surface area contributed by atoms with Gasteiger partial charge in [0.2, 0.25) is 23.6 Å². The molecule has 17 rings (SSSR count). The SMILES string of the molecule is C.CC#N.C[C@H]1CN(c2cc(C3=NCc4ccc(OC5(C)CC5)cc43)ncn2)CCN1.C[C@H]1CN(c2cc(C3=NCc4ccc(OC5(C)CC5)cc43)ncn2)CCN1CCOCCOCCOCCOc1ccc2c(c1)C(=O)N(C1CCC(=O)NC1=O)C2=O.Cc1ccc(S(=O)(=O)OCCOCCOCCOCCOc2ccc3c(c2)C(=O)N(C2CCC(=O)NC2=O)C3=O)cc1. The number of amides is 8. The van der Waals surface area contributed by atoms with E-state index in [2.05, 4.69) is 121 Å². The summed E-state index contributed by atoms with van der Waals surface area (Å²) in [7, 11) is -3.82. The van der Waals surface area contributed by atoms with Crippen molar-refractivity contribution in [3.63, 3.8) is 0 Å². The molecule has 0 spiro atoms. The fraction of sp³-hybridized carbons (Fsp3) is 0.479. The molecule has 8 amide bonds. The van der Waals surface area contributed by atoms with Gasteiger partial charge < -0.3 is 62.5 Å². The quantitative estimate of drug-likeness (QED) is 0.0189. The maximum atomic E-state index is 13.0. The zero-order valence-corrected chi connectivity index (χ0v) is 74.6. The predicted octanol–water partition coefficient (Wildman–Crippen LogP) is 7.75. The molecule has 2 saturated carbocycles. The third-order valence-corrected chi connectivity index (χ3v) is 24.6. The number of benzene rings is 5. The first-order valence-corrected chi connectivity index (χ1v) is 45.3. The Kier molecular flexibility index (Phi) is 33.0. The Morgan fingerprint density at radius 2 is 0.893 bits per heavy atom. The maximum absolute atomic E-state index is 13.0. The second-order valence-corrected chi connectivity index (χ2v) is 34.8. The third-order valence-electron chi connectivity index (χ3n) is 23.3. The van der Waals surface area contributed by atoms with Crippen molar-refractivity contribution in [2.24, 2.45) is 9.98 Å². The topological polar surface area (TPSA) is 425 Å². The summed E-state index contributed by atoms with van der Waals surface area (Å²) in [4.78, 5) is 136. The highest BCUT2D eigenvalue weighted by atomic mass is 32.2. The molecule has 2 aliphatic carbocycles. The fourth-order valence-corrected chi connectivity index (χ4v) is 16.6. The van der Waals surface area contributed by atoms with Gasteiger partial charge in [0, 0.05) is 101 Å². The second-order valence-electron chi connectivity index (χ2n) is 33.2. The molecule has 4 atom stereocenters. The van der Waals surface area contributed by atoms with Crippen LogP contribution in [0, 0.1) is 18.3 Å². The van der Waals surface area contributed by atoms with Gasteiger partial charge in [-0.3, -0.25) is 77.9 Å². The van der Waals surface area contributed by atoms with E-state index >= 15 is 0 Å². The number of nitriles is 1. The summed E-state index contributed by atoms with van der Waals surface area (Å²) in [5, 5.41) is 15.1. The van der Waals surface area contributed by atoms with E-state index in [1.54, 1.807) is 43.0 Å². The van der Waals surface area contributed by atoms with Crippen LogP contribution in [-0.2, 0) is 75.0 Å². The molecular formula is C94H113N15O21S. The highest BCUT2D eigenvalue weighted by molar-refractivity contribution is 7.86. The monoisotopic (exact) mass is 1820 g/mol. The Labute approximate surface area is 761 Å². The summed E-state index contributed by atoms with van der Waals surface area (Å²) < 4.78 is 86.2. The molecular weight excluding hydrogens is 1710 g/mol. The van der Waals surface area contributed by atoms with E-state index in [4.69, 9.17) is 66.8 Å². The number of carbonyl (C=O) groups excluding carboxylic acids is 8. The van der Waals surface area contributed by atoms with Crippen molar-refractivity contribution in [2.75, 3.05) is 155 Å². The van der Waals surface area contributed by atoms with E-state index in [1.165, 1.54) is 54.4 Å². The van der Waals surface area contributed by atoms with E-state index in [1.807, 2.05) is 13.0 Å². The lowest BCUT2D eigenvalue weighted by atomic mass is 10.0. The van der Waals surface area contributed by atoms with Crippen molar-refractivity contribution >= 4 is 80.4 Å². The Balaban J connectivity index is 0.000000175. The molecule has 4 saturated heterocycles. The van der Waals surface area contributed by atoms with Gasteiger partial charge in [-0.2, -0.15) is 13.7 Å². The number of aromatic nitrogens is 4. The van der Waals surface area contributed by atoms with Crippen molar-refractivity contribution in [3.05, 3.63) is 183 Å². The van der Waals surface area contributed by atoms with Gasteiger partial charge in [-0.05, 0) is 157 Å².